The summed E-state index contributed by atoms with van der Waals surface area (Å²) in [5.74, 6) is 2.40. The van der Waals surface area contributed by atoms with E-state index in [9.17, 15) is 0 Å². The number of ether oxygens (including phenoxy) is 1. The van der Waals surface area contributed by atoms with Crippen LogP contribution < -0.4 is 10.6 Å². The normalized spacial score (nSPS) is 25.0. The number of benzene rings is 1. The van der Waals surface area contributed by atoms with Crippen LogP contribution in [0.3, 0.4) is 0 Å². The maximum Gasteiger partial charge on any atom is 0.191 e. The molecule has 1 aliphatic carbocycles. The number of hydrogen-bond acceptors (Lipinski definition) is 3. The van der Waals surface area contributed by atoms with Crippen LogP contribution in [0.4, 0.5) is 0 Å². The Kier molecular flexibility index (Phi) is 6.70. The van der Waals surface area contributed by atoms with Gasteiger partial charge in [0.25, 0.3) is 0 Å². The third kappa shape index (κ3) is 5.44. The quantitative estimate of drug-likeness (QED) is 0.587. The second-order valence-corrected chi connectivity index (χ2v) is 7.22. The zero-order chi connectivity index (χ0) is 17.5. The molecule has 1 saturated heterocycles. The van der Waals surface area contributed by atoms with Gasteiger partial charge in [0.15, 0.2) is 5.96 Å². The van der Waals surface area contributed by atoms with Crippen molar-refractivity contribution in [3.8, 4) is 0 Å². The lowest BCUT2D eigenvalue weighted by Gasteiger charge is -2.32. The Bertz CT molecular complexity index is 540. The number of piperidine rings is 1. The molecule has 2 aliphatic rings. The molecule has 3 rings (SSSR count). The van der Waals surface area contributed by atoms with Crippen molar-refractivity contribution in [3.05, 3.63) is 35.9 Å². The van der Waals surface area contributed by atoms with Gasteiger partial charge in [-0.25, -0.2) is 0 Å². The summed E-state index contributed by atoms with van der Waals surface area (Å²) in [5, 5.41) is 7.13. The molecule has 1 aromatic rings. The van der Waals surface area contributed by atoms with Gasteiger partial charge in [-0.3, -0.25) is 4.99 Å². The minimum absolute atomic E-state index is 0.522. The van der Waals surface area contributed by atoms with E-state index in [0.717, 1.165) is 50.6 Å². The van der Waals surface area contributed by atoms with Gasteiger partial charge in [0, 0.05) is 46.4 Å². The van der Waals surface area contributed by atoms with Crippen molar-refractivity contribution in [3.63, 3.8) is 0 Å². The molecule has 0 radical (unpaired) electrons. The summed E-state index contributed by atoms with van der Waals surface area (Å²) in [6, 6.07) is 11.4. The van der Waals surface area contributed by atoms with Gasteiger partial charge in [-0.05, 0) is 36.7 Å². The molecule has 0 aromatic heterocycles. The molecule has 1 heterocycles. The van der Waals surface area contributed by atoms with Gasteiger partial charge >= 0.3 is 0 Å². The van der Waals surface area contributed by atoms with Crippen molar-refractivity contribution in [2.24, 2.45) is 10.9 Å². The van der Waals surface area contributed by atoms with Crippen molar-refractivity contribution in [2.45, 2.75) is 31.2 Å². The summed E-state index contributed by atoms with van der Waals surface area (Å²) in [6.07, 6.45) is 3.62. The number of nitrogens with one attached hydrogen (secondary N) is 2. The molecule has 1 aliphatic heterocycles. The lowest BCUT2D eigenvalue weighted by molar-refractivity contribution is 0.128. The fourth-order valence-electron chi connectivity index (χ4n) is 3.72. The predicted octanol–water partition coefficient (Wildman–Crippen LogP) is 2.07. The van der Waals surface area contributed by atoms with Crippen LogP contribution in [0.2, 0.25) is 0 Å². The van der Waals surface area contributed by atoms with Crippen LogP contribution in [-0.2, 0) is 4.74 Å². The number of hydrogen-bond donors (Lipinski definition) is 2. The largest absolute Gasteiger partial charge is 0.383 e. The van der Waals surface area contributed by atoms with E-state index >= 15 is 0 Å². The lowest BCUT2D eigenvalue weighted by Crippen LogP contribution is -2.49. The molecular formula is C20H32N4O. The highest BCUT2D eigenvalue weighted by molar-refractivity contribution is 5.80. The molecule has 2 N–H and O–H groups in total. The molecule has 0 amide bonds. The maximum atomic E-state index is 5.17. The van der Waals surface area contributed by atoms with Crippen molar-refractivity contribution in [1.82, 2.24) is 15.5 Å². The summed E-state index contributed by atoms with van der Waals surface area (Å²) in [5.41, 5.74) is 1.47. The highest BCUT2D eigenvalue weighted by Crippen LogP contribution is 2.46. The molecule has 2 unspecified atom stereocenters. The molecule has 138 valence electrons. The topological polar surface area (TPSA) is 48.9 Å². The van der Waals surface area contributed by atoms with Crippen LogP contribution in [-0.4, -0.2) is 63.8 Å². The first-order chi connectivity index (χ1) is 12.3. The molecule has 0 bridgehead atoms. The van der Waals surface area contributed by atoms with Gasteiger partial charge < -0.3 is 20.3 Å². The van der Waals surface area contributed by atoms with Crippen LogP contribution in [0.25, 0.3) is 0 Å². The van der Waals surface area contributed by atoms with Crippen LogP contribution in [0.15, 0.2) is 35.3 Å². The van der Waals surface area contributed by atoms with E-state index in [4.69, 9.17) is 4.74 Å². The van der Waals surface area contributed by atoms with Crippen LogP contribution in [0.1, 0.15) is 30.7 Å². The zero-order valence-corrected chi connectivity index (χ0v) is 15.6. The zero-order valence-electron chi connectivity index (χ0n) is 15.6. The second kappa shape index (κ2) is 9.20. The summed E-state index contributed by atoms with van der Waals surface area (Å²) >= 11 is 0. The molecule has 1 saturated carbocycles. The lowest BCUT2D eigenvalue weighted by atomic mass is 10.1. The molecule has 2 fully saturated rings. The Morgan fingerprint density at radius 2 is 2.00 bits per heavy atom. The van der Waals surface area contributed by atoms with E-state index in [1.54, 1.807) is 7.11 Å². The standard InChI is InChI=1S/C20H32N4O/c1-21-20(23-18-8-10-24(11-9-18)12-13-25-2)22-15-17-14-19(17)16-6-4-3-5-7-16/h3-7,17-19H,8-15H2,1-2H3,(H2,21,22,23). The van der Waals surface area contributed by atoms with Gasteiger partial charge in [-0.15, -0.1) is 0 Å². The first-order valence-corrected chi connectivity index (χ1v) is 9.53. The number of guanidine groups is 1. The number of aliphatic imine (C=N–C) groups is 1. The van der Waals surface area contributed by atoms with E-state index in [2.05, 4.69) is 50.9 Å². The average molecular weight is 345 g/mol. The molecule has 0 spiro atoms. The minimum atomic E-state index is 0.522. The van der Waals surface area contributed by atoms with E-state index in [1.165, 1.54) is 24.8 Å². The molecule has 2 atom stereocenters. The number of nitrogens with zero attached hydrogens (tertiary/aromatic N) is 2. The Hall–Kier alpha value is -1.59. The SMILES string of the molecule is CN=C(NCC1CC1c1ccccc1)NC1CCN(CCOC)CC1. The van der Waals surface area contributed by atoms with Crippen molar-refractivity contribution >= 4 is 5.96 Å². The summed E-state index contributed by atoms with van der Waals surface area (Å²) in [7, 11) is 3.64. The third-order valence-electron chi connectivity index (χ3n) is 5.45. The Balaban J connectivity index is 1.35. The van der Waals surface area contributed by atoms with Crippen LogP contribution in [0.5, 0.6) is 0 Å². The maximum absolute atomic E-state index is 5.17. The van der Waals surface area contributed by atoms with Crippen LogP contribution >= 0.6 is 0 Å². The third-order valence-corrected chi connectivity index (χ3v) is 5.45. The van der Waals surface area contributed by atoms with Gasteiger partial charge in [-0.2, -0.15) is 0 Å². The number of likely N-dealkylation sites (tertiary alicyclic amines) is 1. The first kappa shape index (κ1) is 18.2. The fourth-order valence-corrected chi connectivity index (χ4v) is 3.72. The highest BCUT2D eigenvalue weighted by Gasteiger charge is 2.37. The van der Waals surface area contributed by atoms with E-state index in [-0.39, 0.29) is 0 Å². The summed E-state index contributed by atoms with van der Waals surface area (Å²) in [6.45, 7) is 5.14. The molecule has 1 aromatic carbocycles. The van der Waals surface area contributed by atoms with Crippen LogP contribution in [0, 0.1) is 5.92 Å². The van der Waals surface area contributed by atoms with E-state index < -0.39 is 0 Å². The number of methoxy groups -OCH3 is 1. The van der Waals surface area contributed by atoms with E-state index in [1.807, 2.05) is 7.05 Å². The molecule has 5 nitrogen and oxygen atoms in total. The second-order valence-electron chi connectivity index (χ2n) is 7.22. The molecule has 25 heavy (non-hydrogen) atoms. The molecule has 5 heteroatoms. The Morgan fingerprint density at radius 1 is 1.24 bits per heavy atom. The Labute approximate surface area is 151 Å². The monoisotopic (exact) mass is 344 g/mol. The van der Waals surface area contributed by atoms with Crippen molar-refractivity contribution in [2.75, 3.05) is 46.9 Å². The van der Waals surface area contributed by atoms with Gasteiger partial charge in [0.05, 0.1) is 6.61 Å². The van der Waals surface area contributed by atoms with Gasteiger partial charge in [0.1, 0.15) is 0 Å². The fraction of sp³-hybridized carbons (Fsp3) is 0.650. The van der Waals surface area contributed by atoms with Crippen molar-refractivity contribution in [1.29, 1.82) is 0 Å². The minimum Gasteiger partial charge on any atom is -0.383 e. The predicted molar refractivity (Wildman–Crippen MR) is 103 cm³/mol. The Morgan fingerprint density at radius 3 is 2.68 bits per heavy atom. The summed E-state index contributed by atoms with van der Waals surface area (Å²) in [4.78, 5) is 6.89. The summed E-state index contributed by atoms with van der Waals surface area (Å²) < 4.78 is 5.17. The average Bonchev–Trinajstić information content (AvgIpc) is 3.45. The first-order valence-electron chi connectivity index (χ1n) is 9.53. The number of rotatable bonds is 7. The molecular weight excluding hydrogens is 312 g/mol. The van der Waals surface area contributed by atoms with Gasteiger partial charge in [-0.1, -0.05) is 30.3 Å². The van der Waals surface area contributed by atoms with Gasteiger partial charge in [0.2, 0.25) is 0 Å². The van der Waals surface area contributed by atoms with Crippen molar-refractivity contribution < 1.29 is 4.74 Å². The highest BCUT2D eigenvalue weighted by atomic mass is 16.5. The smallest absolute Gasteiger partial charge is 0.191 e. The van der Waals surface area contributed by atoms with E-state index in [0.29, 0.717) is 6.04 Å².